The third-order valence-electron chi connectivity index (χ3n) is 5.50. The number of thioether (sulfide) groups is 1. The number of sulfonamides is 1. The molecular weight excluding hydrogens is 410 g/mol. The molecular formula is C20H25N3O4S2. The highest BCUT2D eigenvalue weighted by Gasteiger charge is 2.29. The number of hydrogen-bond acceptors (Lipinski definition) is 6. The van der Waals surface area contributed by atoms with Crippen molar-refractivity contribution >= 4 is 33.4 Å². The topological polar surface area (TPSA) is 83.7 Å². The van der Waals surface area contributed by atoms with Gasteiger partial charge in [-0.3, -0.25) is 4.79 Å². The second-order valence-corrected chi connectivity index (χ2v) is 10.3. The molecule has 0 saturated carbocycles. The molecule has 0 bridgehead atoms. The molecule has 1 aromatic carbocycles. The lowest BCUT2D eigenvalue weighted by atomic mass is 10.0. The van der Waals surface area contributed by atoms with Crippen LogP contribution in [0.1, 0.15) is 36.3 Å². The lowest BCUT2D eigenvalue weighted by Crippen LogP contribution is -2.37. The molecule has 1 aromatic heterocycles. The summed E-state index contributed by atoms with van der Waals surface area (Å²) in [6, 6.07) is 5.15. The maximum atomic E-state index is 12.8. The Labute approximate surface area is 175 Å². The van der Waals surface area contributed by atoms with E-state index in [-0.39, 0.29) is 11.7 Å². The first-order valence-corrected chi connectivity index (χ1v) is 12.3. The Balaban J connectivity index is 1.51. The highest BCUT2D eigenvalue weighted by molar-refractivity contribution is 7.99. The number of benzene rings is 1. The first-order valence-electron chi connectivity index (χ1n) is 9.86. The van der Waals surface area contributed by atoms with Crippen molar-refractivity contribution in [2.45, 2.75) is 49.6 Å². The zero-order valence-corrected chi connectivity index (χ0v) is 18.3. The molecule has 156 valence electrons. The van der Waals surface area contributed by atoms with Crippen molar-refractivity contribution in [3.8, 4) is 0 Å². The predicted molar refractivity (Wildman–Crippen MR) is 112 cm³/mol. The monoisotopic (exact) mass is 435 g/mol. The summed E-state index contributed by atoms with van der Waals surface area (Å²) in [5.74, 6) is 0.960. The number of fused-ring (bicyclic) bond motifs is 1. The molecule has 1 fully saturated rings. The normalized spacial score (nSPS) is 17.5. The van der Waals surface area contributed by atoms with Crippen molar-refractivity contribution in [2.24, 2.45) is 0 Å². The van der Waals surface area contributed by atoms with Crippen LogP contribution in [0.2, 0.25) is 0 Å². The number of hydrogen-bond donors (Lipinski definition) is 0. The van der Waals surface area contributed by atoms with Crippen LogP contribution >= 0.6 is 11.8 Å². The van der Waals surface area contributed by atoms with Crippen molar-refractivity contribution in [1.29, 1.82) is 0 Å². The summed E-state index contributed by atoms with van der Waals surface area (Å²) < 4.78 is 32.8. The third-order valence-corrected chi connectivity index (χ3v) is 8.21. The molecule has 29 heavy (non-hydrogen) atoms. The molecule has 7 nitrogen and oxygen atoms in total. The Morgan fingerprint density at radius 3 is 2.62 bits per heavy atom. The van der Waals surface area contributed by atoms with Gasteiger partial charge in [-0.2, -0.15) is 4.31 Å². The van der Waals surface area contributed by atoms with E-state index in [1.54, 1.807) is 27.4 Å². The Bertz CT molecular complexity index is 1010. The molecule has 2 aromatic rings. The average Bonchev–Trinajstić information content (AvgIpc) is 3.36. The fraction of sp³-hybridized carbons (Fsp3) is 0.500. The molecule has 9 heteroatoms. The van der Waals surface area contributed by atoms with E-state index in [0.29, 0.717) is 29.8 Å². The van der Waals surface area contributed by atoms with Crippen LogP contribution in [-0.4, -0.2) is 49.0 Å². The number of rotatable bonds is 5. The van der Waals surface area contributed by atoms with Crippen LogP contribution in [0.15, 0.2) is 32.7 Å². The zero-order valence-electron chi connectivity index (χ0n) is 16.7. The largest absolute Gasteiger partial charge is 0.437 e. The van der Waals surface area contributed by atoms with Gasteiger partial charge in [-0.1, -0.05) is 11.8 Å². The number of anilines is 1. The summed E-state index contributed by atoms with van der Waals surface area (Å²) in [5, 5.41) is 0.498. The standard InChI is InChI=1S/C20H25N3O4S2/c1-14-15(2)27-20(21-14)28-13-19(24)23-11-5-6-16-12-17(7-8-18(16)23)29(25,26)22-9-3-4-10-22/h7-8,12H,3-6,9-11,13H2,1-2H3. The van der Waals surface area contributed by atoms with Crippen LogP contribution in [-0.2, 0) is 21.2 Å². The Morgan fingerprint density at radius 2 is 1.93 bits per heavy atom. The van der Waals surface area contributed by atoms with Crippen molar-refractivity contribution in [1.82, 2.24) is 9.29 Å². The second kappa shape index (κ2) is 8.12. The second-order valence-electron chi connectivity index (χ2n) is 7.46. The molecule has 0 spiro atoms. The SMILES string of the molecule is Cc1nc(SCC(=O)N2CCCc3cc(S(=O)(=O)N4CCCC4)ccc32)oc1C. The van der Waals surface area contributed by atoms with E-state index in [4.69, 9.17) is 4.42 Å². The van der Waals surface area contributed by atoms with Crippen LogP contribution in [0.25, 0.3) is 0 Å². The van der Waals surface area contributed by atoms with E-state index >= 15 is 0 Å². The van der Waals surface area contributed by atoms with E-state index in [2.05, 4.69) is 4.98 Å². The fourth-order valence-electron chi connectivity index (χ4n) is 3.78. The van der Waals surface area contributed by atoms with Gasteiger partial charge in [0.25, 0.3) is 5.22 Å². The van der Waals surface area contributed by atoms with Crippen LogP contribution < -0.4 is 4.90 Å². The summed E-state index contributed by atoms with van der Waals surface area (Å²) in [6.07, 6.45) is 3.41. The molecule has 0 unspecified atom stereocenters. The molecule has 1 saturated heterocycles. The number of aryl methyl sites for hydroxylation is 3. The van der Waals surface area contributed by atoms with E-state index in [9.17, 15) is 13.2 Å². The maximum absolute atomic E-state index is 12.8. The number of carbonyl (C=O) groups is 1. The molecule has 1 amide bonds. The highest BCUT2D eigenvalue weighted by Crippen LogP contribution is 2.32. The van der Waals surface area contributed by atoms with Crippen LogP contribution in [0.5, 0.6) is 0 Å². The zero-order chi connectivity index (χ0) is 20.6. The van der Waals surface area contributed by atoms with Gasteiger partial charge >= 0.3 is 0 Å². The number of amides is 1. The van der Waals surface area contributed by atoms with Gasteiger partial charge in [-0.05, 0) is 63.3 Å². The molecule has 0 aliphatic carbocycles. The summed E-state index contributed by atoms with van der Waals surface area (Å²) in [4.78, 5) is 19.2. The molecule has 2 aliphatic heterocycles. The third kappa shape index (κ3) is 4.08. The highest BCUT2D eigenvalue weighted by atomic mass is 32.2. The minimum atomic E-state index is -3.45. The first-order chi connectivity index (χ1) is 13.9. The van der Waals surface area contributed by atoms with Gasteiger partial charge in [0, 0.05) is 25.3 Å². The smallest absolute Gasteiger partial charge is 0.256 e. The minimum Gasteiger partial charge on any atom is -0.437 e. The molecule has 0 radical (unpaired) electrons. The van der Waals surface area contributed by atoms with Crippen LogP contribution in [0, 0.1) is 13.8 Å². The van der Waals surface area contributed by atoms with Crippen molar-refractivity contribution in [2.75, 3.05) is 30.3 Å². The van der Waals surface area contributed by atoms with Crippen LogP contribution in [0.4, 0.5) is 5.69 Å². The van der Waals surface area contributed by atoms with Gasteiger partial charge in [-0.25, -0.2) is 13.4 Å². The van der Waals surface area contributed by atoms with Gasteiger partial charge in [0.15, 0.2) is 0 Å². The molecule has 0 atom stereocenters. The molecule has 2 aliphatic rings. The number of oxazole rings is 1. The van der Waals surface area contributed by atoms with Crippen molar-refractivity contribution in [3.05, 3.63) is 35.2 Å². The van der Waals surface area contributed by atoms with E-state index in [1.807, 2.05) is 13.8 Å². The van der Waals surface area contributed by atoms with Gasteiger partial charge in [0.2, 0.25) is 15.9 Å². The van der Waals surface area contributed by atoms with Gasteiger partial charge < -0.3 is 9.32 Å². The van der Waals surface area contributed by atoms with E-state index in [0.717, 1.165) is 48.4 Å². The fourth-order valence-corrected chi connectivity index (χ4v) is 6.13. The Morgan fingerprint density at radius 1 is 1.17 bits per heavy atom. The summed E-state index contributed by atoms with van der Waals surface area (Å²) in [5.41, 5.74) is 2.55. The van der Waals surface area contributed by atoms with Crippen LogP contribution in [0.3, 0.4) is 0 Å². The summed E-state index contributed by atoms with van der Waals surface area (Å²) in [6.45, 7) is 5.53. The lowest BCUT2D eigenvalue weighted by Gasteiger charge is -2.30. The maximum Gasteiger partial charge on any atom is 0.256 e. The average molecular weight is 436 g/mol. The van der Waals surface area contributed by atoms with Gasteiger partial charge in [-0.15, -0.1) is 0 Å². The number of aromatic nitrogens is 1. The molecule has 4 rings (SSSR count). The van der Waals surface area contributed by atoms with Crippen molar-refractivity contribution < 1.29 is 17.6 Å². The Kier molecular flexibility index (Phi) is 5.72. The van der Waals surface area contributed by atoms with Gasteiger partial charge in [0.1, 0.15) is 5.76 Å². The van der Waals surface area contributed by atoms with E-state index in [1.165, 1.54) is 11.8 Å². The number of carbonyl (C=O) groups excluding carboxylic acids is 1. The van der Waals surface area contributed by atoms with Crippen molar-refractivity contribution in [3.63, 3.8) is 0 Å². The Hall–Kier alpha value is -1.84. The minimum absolute atomic E-state index is 0.0281. The molecule has 0 N–H and O–H groups in total. The molecule has 3 heterocycles. The predicted octanol–water partition coefficient (Wildman–Crippen LogP) is 3.15. The number of nitrogens with zero attached hydrogens (tertiary/aromatic N) is 3. The van der Waals surface area contributed by atoms with E-state index < -0.39 is 10.0 Å². The summed E-state index contributed by atoms with van der Waals surface area (Å²) >= 11 is 1.28. The lowest BCUT2D eigenvalue weighted by molar-refractivity contribution is -0.116. The van der Waals surface area contributed by atoms with Gasteiger partial charge in [0.05, 0.1) is 16.3 Å². The summed E-state index contributed by atoms with van der Waals surface area (Å²) in [7, 11) is -3.45. The first kappa shape index (κ1) is 20.4. The quantitative estimate of drug-likeness (QED) is 0.671.